The van der Waals surface area contributed by atoms with Gasteiger partial charge < -0.3 is 4.42 Å². The largest absolute Gasteiger partial charge is 0.456 e. The summed E-state index contributed by atoms with van der Waals surface area (Å²) in [5.41, 5.74) is 5.47. The third-order valence-corrected chi connectivity index (χ3v) is 8.17. The van der Waals surface area contributed by atoms with Gasteiger partial charge in [0.1, 0.15) is 11.2 Å². The maximum Gasteiger partial charge on any atom is 0.139 e. The molecule has 0 aliphatic heterocycles. The zero-order valence-electron chi connectivity index (χ0n) is 19.2. The molecule has 0 unspecified atom stereocenters. The second-order valence-electron chi connectivity index (χ2n) is 10.6. The summed E-state index contributed by atoms with van der Waals surface area (Å²) in [6.45, 7) is 13.9. The molecule has 0 spiro atoms. The van der Waals surface area contributed by atoms with Crippen LogP contribution in [0.1, 0.15) is 26.3 Å². The molecule has 0 saturated carbocycles. The number of hydrogen-bond donors (Lipinski definition) is 0. The van der Waals surface area contributed by atoms with Crippen LogP contribution < -0.4 is 5.19 Å². The monoisotopic (exact) mass is 423 g/mol. The highest BCUT2D eigenvalue weighted by atomic mass is 28.3. The average molecular weight is 424 g/mol. The number of rotatable bonds is 2. The van der Waals surface area contributed by atoms with E-state index in [2.05, 4.69) is 95.0 Å². The first-order chi connectivity index (χ1) is 14.6. The zero-order chi connectivity index (χ0) is 22.0. The molecule has 0 aliphatic rings. The highest BCUT2D eigenvalue weighted by molar-refractivity contribution is 6.90. The lowest BCUT2D eigenvalue weighted by atomic mass is 9.82. The van der Waals surface area contributed by atoms with Crippen LogP contribution in [0.15, 0.2) is 71.3 Å². The number of pyridine rings is 1. The fourth-order valence-corrected chi connectivity index (χ4v) is 6.08. The topological polar surface area (TPSA) is 26.0 Å². The van der Waals surface area contributed by atoms with Gasteiger partial charge in [0.15, 0.2) is 0 Å². The van der Waals surface area contributed by atoms with E-state index >= 15 is 0 Å². The number of hydrogen-bond acceptors (Lipinski definition) is 2. The number of benzene rings is 3. The molecule has 156 valence electrons. The number of furan rings is 1. The van der Waals surface area contributed by atoms with Crippen LogP contribution >= 0.6 is 0 Å². The molecule has 0 atom stereocenters. The van der Waals surface area contributed by atoms with Gasteiger partial charge in [0.25, 0.3) is 0 Å². The molecule has 0 fully saturated rings. The second kappa shape index (κ2) is 6.79. The number of aromatic nitrogens is 1. The Morgan fingerprint density at radius 2 is 1.58 bits per heavy atom. The zero-order valence-corrected chi connectivity index (χ0v) is 20.2. The third kappa shape index (κ3) is 3.28. The quantitative estimate of drug-likeness (QED) is 0.273. The van der Waals surface area contributed by atoms with E-state index in [1.807, 2.05) is 12.3 Å². The average Bonchev–Trinajstić information content (AvgIpc) is 3.10. The van der Waals surface area contributed by atoms with Crippen molar-refractivity contribution >= 4 is 46.0 Å². The summed E-state index contributed by atoms with van der Waals surface area (Å²) in [6, 6.07) is 21.8. The Kier molecular flexibility index (Phi) is 4.39. The molecule has 0 radical (unpaired) electrons. The smallest absolute Gasteiger partial charge is 0.139 e. The van der Waals surface area contributed by atoms with Crippen molar-refractivity contribution in [3.63, 3.8) is 0 Å². The van der Waals surface area contributed by atoms with E-state index in [1.165, 1.54) is 26.9 Å². The molecule has 3 aromatic carbocycles. The minimum absolute atomic E-state index is 0.0347. The minimum atomic E-state index is -1.54. The Labute approximate surface area is 184 Å². The first-order valence-corrected chi connectivity index (χ1v) is 14.5. The first kappa shape index (κ1) is 20.0. The summed E-state index contributed by atoms with van der Waals surface area (Å²) in [4.78, 5) is 4.87. The summed E-state index contributed by atoms with van der Waals surface area (Å²) in [6.07, 6.45) is 1.88. The minimum Gasteiger partial charge on any atom is -0.456 e. The Morgan fingerprint density at radius 1 is 0.839 bits per heavy atom. The fraction of sp³-hybridized carbons (Fsp3) is 0.250. The van der Waals surface area contributed by atoms with E-state index in [0.29, 0.717) is 0 Å². The maximum absolute atomic E-state index is 6.45. The van der Waals surface area contributed by atoms with Crippen molar-refractivity contribution in [1.29, 1.82) is 0 Å². The van der Waals surface area contributed by atoms with E-state index in [9.17, 15) is 0 Å². The van der Waals surface area contributed by atoms with Crippen LogP contribution in [0.25, 0.3) is 44.0 Å². The van der Waals surface area contributed by atoms with Gasteiger partial charge in [-0.05, 0) is 45.1 Å². The van der Waals surface area contributed by atoms with Gasteiger partial charge in [-0.2, -0.15) is 0 Å². The van der Waals surface area contributed by atoms with Crippen LogP contribution in [-0.2, 0) is 5.41 Å². The molecule has 0 saturated heterocycles. The highest BCUT2D eigenvalue weighted by Gasteiger charge is 2.24. The molecule has 2 nitrogen and oxygen atoms in total. The lowest BCUT2D eigenvalue weighted by Gasteiger charge is -2.22. The Morgan fingerprint density at radius 3 is 2.32 bits per heavy atom. The van der Waals surface area contributed by atoms with Gasteiger partial charge in [0, 0.05) is 17.1 Å². The highest BCUT2D eigenvalue weighted by Crippen LogP contribution is 2.39. The van der Waals surface area contributed by atoms with Crippen LogP contribution in [0.4, 0.5) is 0 Å². The van der Waals surface area contributed by atoms with Crippen molar-refractivity contribution in [2.45, 2.75) is 45.8 Å². The lowest BCUT2D eigenvalue weighted by Crippen LogP contribution is -2.37. The Bertz CT molecular complexity index is 1450. The second-order valence-corrected chi connectivity index (χ2v) is 15.6. The van der Waals surface area contributed by atoms with Crippen molar-refractivity contribution in [3.05, 3.63) is 72.4 Å². The van der Waals surface area contributed by atoms with Crippen LogP contribution in [0.2, 0.25) is 19.6 Å². The SMILES string of the molecule is CC(C)(C)c1cc(-c2nccc3oc4c([Si](C)(C)C)cccc4c23)cc2ccccc12. The summed E-state index contributed by atoms with van der Waals surface area (Å²) in [7, 11) is -1.54. The molecule has 31 heavy (non-hydrogen) atoms. The van der Waals surface area contributed by atoms with Crippen LogP contribution in [-0.4, -0.2) is 13.1 Å². The van der Waals surface area contributed by atoms with Crippen LogP contribution in [0, 0.1) is 0 Å². The summed E-state index contributed by atoms with van der Waals surface area (Å²) < 4.78 is 6.45. The van der Waals surface area contributed by atoms with Crippen molar-refractivity contribution < 1.29 is 4.42 Å². The van der Waals surface area contributed by atoms with E-state index in [4.69, 9.17) is 9.40 Å². The fourth-order valence-electron chi connectivity index (χ4n) is 4.62. The number of nitrogens with zero attached hydrogens (tertiary/aromatic N) is 1. The van der Waals surface area contributed by atoms with Crippen molar-refractivity contribution in [1.82, 2.24) is 4.98 Å². The van der Waals surface area contributed by atoms with Crippen LogP contribution in [0.5, 0.6) is 0 Å². The molecule has 0 amide bonds. The number of para-hydroxylation sites is 1. The molecule has 5 rings (SSSR count). The molecule has 3 heteroatoms. The number of fused-ring (bicyclic) bond motifs is 4. The predicted octanol–water partition coefficient (Wildman–Crippen LogP) is 7.64. The summed E-state index contributed by atoms with van der Waals surface area (Å²) in [5, 5.41) is 6.21. The van der Waals surface area contributed by atoms with Gasteiger partial charge in [-0.25, -0.2) is 0 Å². The third-order valence-electron chi connectivity index (χ3n) is 6.16. The molecular weight excluding hydrogens is 394 g/mol. The van der Waals surface area contributed by atoms with E-state index in [0.717, 1.165) is 27.8 Å². The molecule has 2 aromatic heterocycles. The molecule has 2 heterocycles. The predicted molar refractivity (Wildman–Crippen MR) is 136 cm³/mol. The van der Waals surface area contributed by atoms with E-state index in [1.54, 1.807) is 0 Å². The molecule has 0 N–H and O–H groups in total. The van der Waals surface area contributed by atoms with Gasteiger partial charge in [-0.15, -0.1) is 0 Å². The van der Waals surface area contributed by atoms with E-state index < -0.39 is 8.07 Å². The van der Waals surface area contributed by atoms with E-state index in [-0.39, 0.29) is 5.41 Å². The standard InChI is InChI=1S/C28H29NOSi/c1-28(2,3)22-17-19(16-18-10-7-8-11-20(18)22)26-25-21-12-9-13-24(31(4,5)6)27(21)30-23(25)14-15-29-26/h7-17H,1-6H3. The molecule has 5 aromatic rings. The maximum atomic E-state index is 6.45. The normalized spacial score (nSPS) is 12.8. The van der Waals surface area contributed by atoms with Gasteiger partial charge in [0.2, 0.25) is 0 Å². The van der Waals surface area contributed by atoms with Gasteiger partial charge >= 0.3 is 0 Å². The van der Waals surface area contributed by atoms with Crippen molar-refractivity contribution in [2.75, 3.05) is 0 Å². The molecular formula is C28H29NOSi. The van der Waals surface area contributed by atoms with Gasteiger partial charge in [-0.3, -0.25) is 4.98 Å². The van der Waals surface area contributed by atoms with Crippen molar-refractivity contribution in [3.8, 4) is 11.3 Å². The lowest BCUT2D eigenvalue weighted by molar-refractivity contribution is 0.596. The molecule has 0 aliphatic carbocycles. The Hall–Kier alpha value is -2.91. The first-order valence-electron chi connectivity index (χ1n) is 11.0. The summed E-state index contributed by atoms with van der Waals surface area (Å²) in [5.74, 6) is 0. The van der Waals surface area contributed by atoms with Gasteiger partial charge in [0.05, 0.1) is 19.2 Å². The molecule has 0 bridgehead atoms. The van der Waals surface area contributed by atoms with Crippen molar-refractivity contribution in [2.24, 2.45) is 0 Å². The summed E-state index contributed by atoms with van der Waals surface area (Å²) >= 11 is 0. The van der Waals surface area contributed by atoms with Gasteiger partial charge in [-0.1, -0.05) is 82.9 Å². The van der Waals surface area contributed by atoms with Crippen LogP contribution in [0.3, 0.4) is 0 Å². The Balaban J connectivity index is 1.87.